The average Bonchev–Trinajstić information content (AvgIpc) is 2.76. The van der Waals surface area contributed by atoms with Crippen molar-refractivity contribution in [2.24, 2.45) is 0 Å². The number of carbonyl (C=O) groups excluding carboxylic acids is 1. The number of rotatable bonds is 8. The number of para-hydroxylation sites is 1. The van der Waals surface area contributed by atoms with Gasteiger partial charge in [0.1, 0.15) is 12.4 Å². The summed E-state index contributed by atoms with van der Waals surface area (Å²) in [6.45, 7) is 6.68. The largest absolute Gasteiger partial charge is 0.490 e. The number of ether oxygens (including phenoxy) is 2. The molecule has 2 aromatic rings. The van der Waals surface area contributed by atoms with Crippen LogP contribution in [0.5, 0.6) is 11.5 Å². The molecule has 9 heteroatoms. The minimum atomic E-state index is -0.693. The third kappa shape index (κ3) is 4.35. The predicted octanol–water partition coefficient (Wildman–Crippen LogP) is 2.15. The van der Waals surface area contributed by atoms with Crippen LogP contribution >= 0.6 is 0 Å². The van der Waals surface area contributed by atoms with E-state index in [1.54, 1.807) is 19.1 Å². The zero-order chi connectivity index (χ0) is 22.5. The molecular weight excluding hydrogens is 400 g/mol. The fourth-order valence-electron chi connectivity index (χ4n) is 3.53. The topological polar surface area (TPSA) is 120 Å². The molecular formula is C22H28N4O5. The Hall–Kier alpha value is -3.49. The van der Waals surface area contributed by atoms with E-state index < -0.39 is 17.2 Å². The number of nitrogens with two attached hydrogens (primary N) is 1. The third-order valence-corrected chi connectivity index (χ3v) is 5.07. The second kappa shape index (κ2) is 9.55. The van der Waals surface area contributed by atoms with Crippen LogP contribution in [0.1, 0.15) is 39.2 Å². The monoisotopic (exact) mass is 428 g/mol. The molecule has 0 saturated carbocycles. The number of aromatic nitrogens is 2. The molecule has 2 heterocycles. The van der Waals surface area contributed by atoms with E-state index in [0.717, 1.165) is 6.42 Å². The first kappa shape index (κ1) is 22.2. The highest BCUT2D eigenvalue weighted by Gasteiger charge is 2.28. The number of nitrogen functional groups attached to an aromatic ring is 1. The second-order valence-corrected chi connectivity index (χ2v) is 7.11. The van der Waals surface area contributed by atoms with Crippen molar-refractivity contribution in [1.29, 1.82) is 0 Å². The zero-order valence-corrected chi connectivity index (χ0v) is 18.1. The van der Waals surface area contributed by atoms with Crippen LogP contribution in [0.2, 0.25) is 0 Å². The molecule has 1 aliphatic rings. The standard InChI is InChI=1S/C22H28N4O5/c1-4-7-11-26-19(23)17(20(27)24-22(26)29)25(5-2)21(28)15-12-14-9-8-10-16(30-6-3)18(14)31-13-15/h8-10,12H,4-7,11,13,23H2,1-3H3,(H,24,27,29). The molecule has 166 valence electrons. The molecule has 1 aromatic carbocycles. The average molecular weight is 428 g/mol. The Balaban J connectivity index is 2.01. The van der Waals surface area contributed by atoms with E-state index in [1.165, 1.54) is 9.47 Å². The number of amides is 1. The van der Waals surface area contributed by atoms with E-state index in [9.17, 15) is 14.4 Å². The van der Waals surface area contributed by atoms with Crippen LogP contribution < -0.4 is 31.4 Å². The van der Waals surface area contributed by atoms with E-state index in [2.05, 4.69) is 4.98 Å². The van der Waals surface area contributed by atoms with Gasteiger partial charge in [-0.05, 0) is 32.4 Å². The minimum Gasteiger partial charge on any atom is -0.490 e. The van der Waals surface area contributed by atoms with Crippen molar-refractivity contribution >= 4 is 23.5 Å². The van der Waals surface area contributed by atoms with Gasteiger partial charge in [0.15, 0.2) is 17.2 Å². The first-order valence-electron chi connectivity index (χ1n) is 10.5. The van der Waals surface area contributed by atoms with Crippen molar-refractivity contribution in [2.75, 3.05) is 30.4 Å². The maximum absolute atomic E-state index is 13.3. The van der Waals surface area contributed by atoms with E-state index in [1.807, 2.05) is 26.0 Å². The van der Waals surface area contributed by atoms with Gasteiger partial charge in [0, 0.05) is 18.7 Å². The number of benzene rings is 1. The number of anilines is 2. The molecule has 1 aliphatic heterocycles. The SMILES string of the molecule is CCCCn1c(N)c(N(CC)C(=O)C2=Cc3cccc(OCC)c3OC2)c(=O)[nH]c1=O. The van der Waals surface area contributed by atoms with Gasteiger partial charge in [0.2, 0.25) is 0 Å². The molecule has 31 heavy (non-hydrogen) atoms. The molecule has 0 spiro atoms. The maximum atomic E-state index is 13.3. The molecule has 0 atom stereocenters. The zero-order valence-electron chi connectivity index (χ0n) is 18.1. The summed E-state index contributed by atoms with van der Waals surface area (Å²) in [4.78, 5) is 41.7. The van der Waals surface area contributed by atoms with E-state index in [4.69, 9.17) is 15.2 Å². The lowest BCUT2D eigenvalue weighted by Crippen LogP contribution is -2.42. The predicted molar refractivity (Wildman–Crippen MR) is 120 cm³/mol. The number of fused-ring (bicyclic) bond motifs is 1. The van der Waals surface area contributed by atoms with E-state index in [0.29, 0.717) is 42.2 Å². The molecule has 1 amide bonds. The highest BCUT2D eigenvalue weighted by molar-refractivity contribution is 6.10. The van der Waals surface area contributed by atoms with Crippen LogP contribution in [0.3, 0.4) is 0 Å². The van der Waals surface area contributed by atoms with Crippen LogP contribution in [0, 0.1) is 0 Å². The van der Waals surface area contributed by atoms with Crippen molar-refractivity contribution < 1.29 is 14.3 Å². The summed E-state index contributed by atoms with van der Waals surface area (Å²) in [5, 5.41) is 0. The van der Waals surface area contributed by atoms with Crippen LogP contribution in [0.25, 0.3) is 6.08 Å². The van der Waals surface area contributed by atoms with Crippen molar-refractivity contribution in [1.82, 2.24) is 9.55 Å². The number of nitrogens with zero attached hydrogens (tertiary/aromatic N) is 2. The highest BCUT2D eigenvalue weighted by Crippen LogP contribution is 2.36. The Morgan fingerprint density at radius 2 is 2.06 bits per heavy atom. The van der Waals surface area contributed by atoms with Gasteiger partial charge in [-0.1, -0.05) is 25.5 Å². The van der Waals surface area contributed by atoms with Gasteiger partial charge in [-0.2, -0.15) is 0 Å². The molecule has 1 aromatic heterocycles. The van der Waals surface area contributed by atoms with Crippen LogP contribution in [0.15, 0.2) is 33.4 Å². The molecule has 3 N–H and O–H groups in total. The summed E-state index contributed by atoms with van der Waals surface area (Å²) in [7, 11) is 0. The normalized spacial score (nSPS) is 12.5. The molecule has 0 aliphatic carbocycles. The summed E-state index contributed by atoms with van der Waals surface area (Å²) in [5.74, 6) is 0.759. The number of carbonyl (C=O) groups is 1. The Morgan fingerprint density at radius 1 is 1.29 bits per heavy atom. The van der Waals surface area contributed by atoms with Gasteiger partial charge >= 0.3 is 5.69 Å². The molecule has 0 radical (unpaired) electrons. The maximum Gasteiger partial charge on any atom is 0.330 e. The molecule has 0 bridgehead atoms. The lowest BCUT2D eigenvalue weighted by Gasteiger charge is -2.26. The summed E-state index contributed by atoms with van der Waals surface area (Å²) in [5.41, 5.74) is 5.96. The highest BCUT2D eigenvalue weighted by atomic mass is 16.5. The molecule has 3 rings (SSSR count). The number of aromatic amines is 1. The van der Waals surface area contributed by atoms with Crippen LogP contribution in [-0.2, 0) is 11.3 Å². The van der Waals surface area contributed by atoms with Crippen molar-refractivity contribution in [2.45, 2.75) is 40.2 Å². The first-order valence-corrected chi connectivity index (χ1v) is 10.5. The van der Waals surface area contributed by atoms with Crippen molar-refractivity contribution in [3.05, 3.63) is 50.2 Å². The Kier molecular flexibility index (Phi) is 6.84. The summed E-state index contributed by atoms with van der Waals surface area (Å²) >= 11 is 0. The van der Waals surface area contributed by atoms with Crippen molar-refractivity contribution in [3.63, 3.8) is 0 Å². The molecule has 0 unspecified atom stereocenters. The smallest absolute Gasteiger partial charge is 0.330 e. The lowest BCUT2D eigenvalue weighted by molar-refractivity contribution is -0.115. The third-order valence-electron chi connectivity index (χ3n) is 5.07. The van der Waals surface area contributed by atoms with Crippen LogP contribution in [-0.4, -0.2) is 35.2 Å². The molecule has 9 nitrogen and oxygen atoms in total. The van der Waals surface area contributed by atoms with Gasteiger partial charge in [-0.25, -0.2) is 4.79 Å². The Labute approximate surface area is 180 Å². The van der Waals surface area contributed by atoms with Gasteiger partial charge in [0.25, 0.3) is 11.5 Å². The first-order chi connectivity index (χ1) is 14.9. The quantitative estimate of drug-likeness (QED) is 0.665. The number of hydrogen-bond donors (Lipinski definition) is 2. The van der Waals surface area contributed by atoms with Gasteiger partial charge < -0.3 is 20.1 Å². The van der Waals surface area contributed by atoms with Gasteiger partial charge in [0.05, 0.1) is 12.2 Å². The minimum absolute atomic E-state index is 0.0197. The van der Waals surface area contributed by atoms with E-state index >= 15 is 0 Å². The fraction of sp³-hybridized carbons (Fsp3) is 0.409. The summed E-state index contributed by atoms with van der Waals surface area (Å²) in [6, 6.07) is 5.45. The van der Waals surface area contributed by atoms with Crippen LogP contribution in [0.4, 0.5) is 11.5 Å². The Morgan fingerprint density at radius 3 is 2.74 bits per heavy atom. The van der Waals surface area contributed by atoms with Gasteiger partial charge in [-0.15, -0.1) is 0 Å². The number of likely N-dealkylation sites (N-methyl/N-ethyl adjacent to an activating group) is 1. The lowest BCUT2D eigenvalue weighted by atomic mass is 10.1. The fourth-order valence-corrected chi connectivity index (χ4v) is 3.53. The summed E-state index contributed by atoms with van der Waals surface area (Å²) in [6.07, 6.45) is 3.29. The number of H-pyrrole nitrogens is 1. The number of unbranched alkanes of at least 4 members (excludes halogenated alkanes) is 1. The number of hydrogen-bond acceptors (Lipinski definition) is 6. The number of nitrogens with one attached hydrogen (secondary N) is 1. The Bertz CT molecular complexity index is 1120. The van der Waals surface area contributed by atoms with Crippen molar-refractivity contribution in [3.8, 4) is 11.5 Å². The second-order valence-electron chi connectivity index (χ2n) is 7.11. The molecule has 0 saturated heterocycles. The summed E-state index contributed by atoms with van der Waals surface area (Å²) < 4.78 is 12.7. The van der Waals surface area contributed by atoms with Gasteiger partial charge in [-0.3, -0.25) is 19.1 Å². The molecule has 0 fully saturated rings. The van der Waals surface area contributed by atoms with E-state index in [-0.39, 0.29) is 24.7 Å².